The maximum Gasteiger partial charge on any atom is 0.313 e. The number of rotatable bonds is 8. The van der Waals surface area contributed by atoms with Crippen LogP contribution in [0.15, 0.2) is 36.4 Å². The molecule has 1 amide bonds. The van der Waals surface area contributed by atoms with Gasteiger partial charge in [0.25, 0.3) is 5.91 Å². The first-order chi connectivity index (χ1) is 14.5. The maximum atomic E-state index is 13.4. The van der Waals surface area contributed by atoms with Crippen molar-refractivity contribution < 1.29 is 28.9 Å². The number of hydrogen-bond donors (Lipinski definition) is 1. The fraction of sp³-hybridized carbons (Fsp3) is 0.391. The van der Waals surface area contributed by atoms with Gasteiger partial charge >= 0.3 is 5.97 Å². The summed E-state index contributed by atoms with van der Waals surface area (Å²) in [6, 6.07) is 9.67. The van der Waals surface area contributed by atoms with Gasteiger partial charge in [0.1, 0.15) is 5.92 Å². The lowest BCUT2D eigenvalue weighted by atomic mass is 9.79. The van der Waals surface area contributed by atoms with Crippen LogP contribution in [0, 0.1) is 0 Å². The standard InChI is InChI=1S/C23H27NO6/c1-5-6-11-24-20(14-12-17(28-2)21(30-4)18(13-14)29-3)19(23(26)27)15-9-7-8-10-16(15)22(24)25/h7-10,12-13,19-20H,5-6,11H2,1-4H3,(H,26,27)/t19-,20+/m1/s1. The van der Waals surface area contributed by atoms with Crippen LogP contribution < -0.4 is 14.2 Å². The van der Waals surface area contributed by atoms with Crippen molar-refractivity contribution in [2.24, 2.45) is 0 Å². The molecular formula is C23H27NO6. The van der Waals surface area contributed by atoms with Gasteiger partial charge < -0.3 is 24.2 Å². The van der Waals surface area contributed by atoms with Gasteiger partial charge in [-0.2, -0.15) is 0 Å². The summed E-state index contributed by atoms with van der Waals surface area (Å²) in [4.78, 5) is 27.4. The molecule has 0 aliphatic carbocycles. The van der Waals surface area contributed by atoms with Crippen LogP contribution in [0.4, 0.5) is 0 Å². The minimum atomic E-state index is -0.991. The van der Waals surface area contributed by atoms with Crippen LogP contribution >= 0.6 is 0 Å². The van der Waals surface area contributed by atoms with Gasteiger partial charge in [-0.25, -0.2) is 0 Å². The molecule has 1 aliphatic heterocycles. The second-order valence-electron chi connectivity index (χ2n) is 7.16. The number of ether oxygens (including phenoxy) is 3. The van der Waals surface area contributed by atoms with Crippen LogP contribution in [0.1, 0.15) is 53.2 Å². The Labute approximate surface area is 176 Å². The predicted octanol–water partition coefficient (Wildman–Crippen LogP) is 3.88. The van der Waals surface area contributed by atoms with E-state index in [2.05, 4.69) is 0 Å². The first-order valence-electron chi connectivity index (χ1n) is 9.91. The highest BCUT2D eigenvalue weighted by Crippen LogP contribution is 2.47. The molecule has 1 heterocycles. The third kappa shape index (κ3) is 3.67. The number of carboxylic acid groups (broad SMARTS) is 1. The molecule has 0 bridgehead atoms. The highest BCUT2D eigenvalue weighted by molar-refractivity contribution is 6.00. The summed E-state index contributed by atoms with van der Waals surface area (Å²) in [5.41, 5.74) is 1.57. The molecule has 0 aromatic heterocycles. The van der Waals surface area contributed by atoms with Gasteiger partial charge in [-0.15, -0.1) is 0 Å². The van der Waals surface area contributed by atoms with E-state index in [9.17, 15) is 14.7 Å². The fourth-order valence-electron chi connectivity index (χ4n) is 4.08. The van der Waals surface area contributed by atoms with Crippen LogP contribution in [-0.4, -0.2) is 49.8 Å². The molecule has 1 aliphatic rings. The summed E-state index contributed by atoms with van der Waals surface area (Å²) in [6.45, 7) is 2.49. The molecule has 2 atom stereocenters. The molecule has 0 spiro atoms. The third-order valence-corrected chi connectivity index (χ3v) is 5.49. The average molecular weight is 413 g/mol. The van der Waals surface area contributed by atoms with Gasteiger partial charge in [0.15, 0.2) is 11.5 Å². The van der Waals surface area contributed by atoms with E-state index in [0.717, 1.165) is 12.8 Å². The number of unbranched alkanes of at least 4 members (excludes halogenated alkanes) is 1. The van der Waals surface area contributed by atoms with Crippen molar-refractivity contribution in [2.75, 3.05) is 27.9 Å². The van der Waals surface area contributed by atoms with Crippen LogP contribution in [0.25, 0.3) is 0 Å². The molecule has 160 valence electrons. The molecule has 0 fully saturated rings. The Bertz CT molecular complexity index is 916. The average Bonchev–Trinajstić information content (AvgIpc) is 2.76. The van der Waals surface area contributed by atoms with Gasteiger partial charge in [0, 0.05) is 12.1 Å². The van der Waals surface area contributed by atoms with E-state index < -0.39 is 17.9 Å². The van der Waals surface area contributed by atoms with E-state index in [-0.39, 0.29) is 5.91 Å². The Hall–Kier alpha value is -3.22. The topological polar surface area (TPSA) is 85.3 Å². The normalized spacial score (nSPS) is 18.0. The first kappa shape index (κ1) is 21.5. The van der Waals surface area contributed by atoms with Crippen molar-refractivity contribution in [1.82, 2.24) is 4.90 Å². The Kier molecular flexibility index (Phi) is 6.50. The highest BCUT2D eigenvalue weighted by Gasteiger charge is 2.44. The molecular weight excluding hydrogens is 386 g/mol. The fourth-order valence-corrected chi connectivity index (χ4v) is 4.08. The summed E-state index contributed by atoms with van der Waals surface area (Å²) >= 11 is 0. The maximum absolute atomic E-state index is 13.4. The number of nitrogens with zero attached hydrogens (tertiary/aromatic N) is 1. The summed E-state index contributed by atoms with van der Waals surface area (Å²) in [5.74, 6) is -0.835. The number of carbonyl (C=O) groups excluding carboxylic acids is 1. The Morgan fingerprint density at radius 1 is 1.07 bits per heavy atom. The molecule has 30 heavy (non-hydrogen) atoms. The number of amides is 1. The number of benzene rings is 2. The minimum Gasteiger partial charge on any atom is -0.493 e. The van der Waals surface area contributed by atoms with Gasteiger partial charge in [-0.05, 0) is 35.7 Å². The number of hydrogen-bond acceptors (Lipinski definition) is 5. The van der Waals surface area contributed by atoms with Crippen molar-refractivity contribution in [3.8, 4) is 17.2 Å². The highest BCUT2D eigenvalue weighted by atomic mass is 16.5. The van der Waals surface area contributed by atoms with E-state index in [4.69, 9.17) is 14.2 Å². The van der Waals surface area contributed by atoms with Gasteiger partial charge in [-0.3, -0.25) is 9.59 Å². The van der Waals surface area contributed by atoms with Crippen molar-refractivity contribution in [1.29, 1.82) is 0 Å². The molecule has 0 saturated heterocycles. The van der Waals surface area contributed by atoms with Crippen molar-refractivity contribution in [3.63, 3.8) is 0 Å². The third-order valence-electron chi connectivity index (χ3n) is 5.49. The molecule has 0 saturated carbocycles. The second kappa shape index (κ2) is 9.07. The summed E-state index contributed by atoms with van der Waals surface area (Å²) in [6.07, 6.45) is 1.65. The number of carbonyl (C=O) groups is 2. The SMILES string of the molecule is CCCCN1C(=O)c2ccccc2[C@@H](C(=O)O)[C@@H]1c1cc(OC)c(OC)c(OC)c1. The molecule has 7 heteroatoms. The van der Waals surface area contributed by atoms with Crippen LogP contribution in [0.5, 0.6) is 17.2 Å². The van der Waals surface area contributed by atoms with Gasteiger partial charge in [0.2, 0.25) is 5.75 Å². The smallest absolute Gasteiger partial charge is 0.313 e. The van der Waals surface area contributed by atoms with E-state index in [1.54, 1.807) is 41.3 Å². The Morgan fingerprint density at radius 3 is 2.23 bits per heavy atom. The molecule has 2 aromatic carbocycles. The van der Waals surface area contributed by atoms with Crippen molar-refractivity contribution >= 4 is 11.9 Å². The molecule has 3 rings (SSSR count). The quantitative estimate of drug-likeness (QED) is 0.707. The lowest BCUT2D eigenvalue weighted by Gasteiger charge is -2.41. The molecule has 0 radical (unpaired) electrons. The first-order valence-corrected chi connectivity index (χ1v) is 9.91. The molecule has 1 N–H and O–H groups in total. The summed E-state index contributed by atoms with van der Waals surface area (Å²) in [5, 5.41) is 10.2. The summed E-state index contributed by atoms with van der Waals surface area (Å²) < 4.78 is 16.3. The number of methoxy groups -OCH3 is 3. The van der Waals surface area contributed by atoms with E-state index in [1.165, 1.54) is 21.3 Å². The molecule has 7 nitrogen and oxygen atoms in total. The largest absolute Gasteiger partial charge is 0.493 e. The van der Waals surface area contributed by atoms with Gasteiger partial charge in [-0.1, -0.05) is 31.5 Å². The van der Waals surface area contributed by atoms with E-state index in [0.29, 0.717) is 40.5 Å². The van der Waals surface area contributed by atoms with Crippen LogP contribution in [0.2, 0.25) is 0 Å². The van der Waals surface area contributed by atoms with Crippen LogP contribution in [-0.2, 0) is 4.79 Å². The number of fused-ring (bicyclic) bond motifs is 1. The zero-order valence-corrected chi connectivity index (χ0v) is 17.7. The van der Waals surface area contributed by atoms with Crippen molar-refractivity contribution in [2.45, 2.75) is 31.7 Å². The monoisotopic (exact) mass is 413 g/mol. The van der Waals surface area contributed by atoms with E-state index in [1.807, 2.05) is 6.92 Å². The number of carboxylic acids is 1. The van der Waals surface area contributed by atoms with Gasteiger partial charge in [0.05, 0.1) is 27.4 Å². The second-order valence-corrected chi connectivity index (χ2v) is 7.16. The molecule has 2 aromatic rings. The number of aliphatic carboxylic acids is 1. The Morgan fingerprint density at radius 2 is 1.70 bits per heavy atom. The Balaban J connectivity index is 2.25. The lowest BCUT2D eigenvalue weighted by Crippen LogP contribution is -2.45. The van der Waals surface area contributed by atoms with Crippen molar-refractivity contribution in [3.05, 3.63) is 53.1 Å². The van der Waals surface area contributed by atoms with E-state index >= 15 is 0 Å². The predicted molar refractivity (Wildman–Crippen MR) is 112 cm³/mol. The zero-order chi connectivity index (χ0) is 21.8. The summed E-state index contributed by atoms with van der Waals surface area (Å²) in [7, 11) is 4.52. The molecule has 0 unspecified atom stereocenters. The minimum absolute atomic E-state index is 0.171. The van der Waals surface area contributed by atoms with Crippen LogP contribution in [0.3, 0.4) is 0 Å². The zero-order valence-electron chi connectivity index (χ0n) is 17.7. The lowest BCUT2D eigenvalue weighted by molar-refractivity contribution is -0.140.